The number of pyridine rings is 1. The van der Waals surface area contributed by atoms with Gasteiger partial charge < -0.3 is 0 Å². The van der Waals surface area contributed by atoms with Crippen molar-refractivity contribution in [3.05, 3.63) is 27.3 Å². The Labute approximate surface area is 85.5 Å². The van der Waals surface area contributed by atoms with Gasteiger partial charge in [0.1, 0.15) is 0 Å². The van der Waals surface area contributed by atoms with E-state index in [1.807, 2.05) is 28.7 Å². The van der Waals surface area contributed by atoms with Crippen LogP contribution >= 0.6 is 22.6 Å². The van der Waals surface area contributed by atoms with Gasteiger partial charge in [0.2, 0.25) is 5.95 Å². The van der Waals surface area contributed by atoms with Crippen LogP contribution in [0.25, 0.3) is 0 Å². The number of nitrogens with zero attached hydrogens (tertiary/aromatic N) is 1. The SMILES string of the molecule is CC(C)(C)c1ccnc(F)c1I. The van der Waals surface area contributed by atoms with Gasteiger partial charge in [-0.25, -0.2) is 4.98 Å². The van der Waals surface area contributed by atoms with Crippen LogP contribution in [-0.4, -0.2) is 4.98 Å². The molecule has 66 valence electrons. The van der Waals surface area contributed by atoms with Crippen LogP contribution < -0.4 is 0 Å². The molecule has 3 heteroatoms. The van der Waals surface area contributed by atoms with Crippen molar-refractivity contribution in [3.63, 3.8) is 0 Å². The first-order valence-corrected chi connectivity index (χ1v) is 4.81. The van der Waals surface area contributed by atoms with E-state index in [2.05, 4.69) is 25.8 Å². The molecular weight excluding hydrogens is 268 g/mol. The molecule has 0 fully saturated rings. The Balaban J connectivity index is 3.26. The third-order valence-corrected chi connectivity index (χ3v) is 2.68. The first-order chi connectivity index (χ1) is 5.43. The van der Waals surface area contributed by atoms with Crippen LogP contribution in [0.15, 0.2) is 12.3 Å². The van der Waals surface area contributed by atoms with Crippen LogP contribution in [0.5, 0.6) is 0 Å². The fourth-order valence-electron chi connectivity index (χ4n) is 0.997. The second-order valence-electron chi connectivity index (χ2n) is 3.71. The van der Waals surface area contributed by atoms with Gasteiger partial charge in [0, 0.05) is 6.20 Å². The van der Waals surface area contributed by atoms with Crippen LogP contribution in [-0.2, 0) is 5.41 Å². The van der Waals surface area contributed by atoms with Crippen molar-refractivity contribution in [3.8, 4) is 0 Å². The summed E-state index contributed by atoms with van der Waals surface area (Å²) in [7, 11) is 0. The molecule has 0 N–H and O–H groups in total. The molecule has 0 atom stereocenters. The molecule has 0 saturated heterocycles. The minimum Gasteiger partial charge on any atom is -0.227 e. The number of hydrogen-bond donors (Lipinski definition) is 0. The summed E-state index contributed by atoms with van der Waals surface area (Å²) in [6, 6.07) is 1.87. The molecular formula is C9H11FIN. The zero-order chi connectivity index (χ0) is 9.35. The molecule has 0 aliphatic rings. The standard InChI is InChI=1S/C9H11FIN/c1-9(2,3)6-4-5-12-8(10)7(6)11/h4-5H,1-3H3. The van der Waals surface area contributed by atoms with Crippen molar-refractivity contribution < 1.29 is 4.39 Å². The van der Waals surface area contributed by atoms with Crippen molar-refractivity contribution in [1.82, 2.24) is 4.98 Å². The fraction of sp³-hybridized carbons (Fsp3) is 0.444. The number of rotatable bonds is 0. The lowest BCUT2D eigenvalue weighted by atomic mass is 9.88. The molecule has 1 nitrogen and oxygen atoms in total. The predicted octanol–water partition coefficient (Wildman–Crippen LogP) is 3.12. The van der Waals surface area contributed by atoms with E-state index in [9.17, 15) is 4.39 Å². The van der Waals surface area contributed by atoms with Gasteiger partial charge in [0.05, 0.1) is 3.57 Å². The highest BCUT2D eigenvalue weighted by atomic mass is 127. The molecule has 0 amide bonds. The summed E-state index contributed by atoms with van der Waals surface area (Å²) in [6.45, 7) is 6.18. The molecule has 1 aromatic heterocycles. The van der Waals surface area contributed by atoms with E-state index >= 15 is 0 Å². The van der Waals surface area contributed by atoms with Gasteiger partial charge in [-0.05, 0) is 39.6 Å². The number of aromatic nitrogens is 1. The zero-order valence-corrected chi connectivity index (χ0v) is 9.52. The fourth-order valence-corrected chi connectivity index (χ4v) is 2.13. The maximum absolute atomic E-state index is 13.0. The first kappa shape index (κ1) is 9.89. The molecule has 0 unspecified atom stereocenters. The van der Waals surface area contributed by atoms with Crippen molar-refractivity contribution in [1.29, 1.82) is 0 Å². The van der Waals surface area contributed by atoms with Crippen molar-refractivity contribution in [2.24, 2.45) is 0 Å². The summed E-state index contributed by atoms with van der Waals surface area (Å²) in [5.74, 6) is -0.372. The highest BCUT2D eigenvalue weighted by Crippen LogP contribution is 2.27. The van der Waals surface area contributed by atoms with Crippen LogP contribution in [0.1, 0.15) is 26.3 Å². The average molecular weight is 279 g/mol. The molecule has 0 aromatic carbocycles. The van der Waals surface area contributed by atoms with Crippen molar-refractivity contribution in [2.75, 3.05) is 0 Å². The van der Waals surface area contributed by atoms with E-state index in [4.69, 9.17) is 0 Å². The average Bonchev–Trinajstić information content (AvgIpc) is 1.92. The Kier molecular flexibility index (Phi) is 2.70. The van der Waals surface area contributed by atoms with Gasteiger partial charge in [-0.2, -0.15) is 4.39 Å². The van der Waals surface area contributed by atoms with E-state index < -0.39 is 0 Å². The van der Waals surface area contributed by atoms with Gasteiger partial charge in [-0.3, -0.25) is 0 Å². The monoisotopic (exact) mass is 279 g/mol. The van der Waals surface area contributed by atoms with Gasteiger partial charge in [0.25, 0.3) is 0 Å². The van der Waals surface area contributed by atoms with Gasteiger partial charge >= 0.3 is 0 Å². The Morgan fingerprint density at radius 2 is 2.00 bits per heavy atom. The largest absolute Gasteiger partial charge is 0.227 e. The van der Waals surface area contributed by atoms with E-state index in [-0.39, 0.29) is 11.4 Å². The molecule has 0 spiro atoms. The minimum atomic E-state index is -0.372. The Bertz CT molecular complexity index is 291. The molecule has 0 saturated carbocycles. The van der Waals surface area contributed by atoms with Crippen LogP contribution in [0.2, 0.25) is 0 Å². The lowest BCUT2D eigenvalue weighted by Gasteiger charge is -2.20. The Morgan fingerprint density at radius 3 is 2.42 bits per heavy atom. The Morgan fingerprint density at radius 1 is 1.42 bits per heavy atom. The molecule has 1 aromatic rings. The molecule has 0 aliphatic heterocycles. The second-order valence-corrected chi connectivity index (χ2v) is 4.79. The molecule has 0 bridgehead atoms. The Hall–Kier alpha value is -0.190. The van der Waals surface area contributed by atoms with E-state index in [1.165, 1.54) is 6.20 Å². The maximum Gasteiger partial charge on any atom is 0.226 e. The van der Waals surface area contributed by atoms with Crippen LogP contribution in [0, 0.1) is 9.52 Å². The van der Waals surface area contributed by atoms with E-state index in [0.29, 0.717) is 3.57 Å². The second kappa shape index (κ2) is 3.28. The molecule has 0 aliphatic carbocycles. The summed E-state index contributed by atoms with van der Waals surface area (Å²) < 4.78 is 13.6. The summed E-state index contributed by atoms with van der Waals surface area (Å²) in [4.78, 5) is 3.58. The number of hydrogen-bond acceptors (Lipinski definition) is 1. The van der Waals surface area contributed by atoms with Gasteiger partial charge in [0.15, 0.2) is 0 Å². The number of halogens is 2. The summed E-state index contributed by atoms with van der Waals surface area (Å²) in [5.41, 5.74) is 0.996. The minimum absolute atomic E-state index is 0.0136. The molecule has 0 radical (unpaired) electrons. The highest BCUT2D eigenvalue weighted by Gasteiger charge is 2.18. The third-order valence-electron chi connectivity index (χ3n) is 1.65. The lowest BCUT2D eigenvalue weighted by molar-refractivity contribution is 0.541. The summed E-state index contributed by atoms with van der Waals surface area (Å²) in [6.07, 6.45) is 1.51. The van der Waals surface area contributed by atoms with Gasteiger partial charge in [-0.15, -0.1) is 0 Å². The maximum atomic E-state index is 13.0. The topological polar surface area (TPSA) is 12.9 Å². The van der Waals surface area contributed by atoms with E-state index in [1.54, 1.807) is 0 Å². The van der Waals surface area contributed by atoms with Crippen molar-refractivity contribution in [2.45, 2.75) is 26.2 Å². The zero-order valence-electron chi connectivity index (χ0n) is 7.36. The molecule has 1 rings (SSSR count). The van der Waals surface area contributed by atoms with Crippen LogP contribution in [0.4, 0.5) is 4.39 Å². The normalized spacial score (nSPS) is 11.8. The van der Waals surface area contributed by atoms with E-state index in [0.717, 1.165) is 5.56 Å². The van der Waals surface area contributed by atoms with Crippen molar-refractivity contribution >= 4 is 22.6 Å². The summed E-state index contributed by atoms with van der Waals surface area (Å²) in [5, 5.41) is 0. The smallest absolute Gasteiger partial charge is 0.226 e. The van der Waals surface area contributed by atoms with Crippen LogP contribution in [0.3, 0.4) is 0 Å². The molecule has 12 heavy (non-hydrogen) atoms. The predicted molar refractivity (Wildman–Crippen MR) is 55.6 cm³/mol. The molecule has 1 heterocycles. The summed E-state index contributed by atoms with van der Waals surface area (Å²) >= 11 is 1.99. The van der Waals surface area contributed by atoms with Gasteiger partial charge in [-0.1, -0.05) is 20.8 Å². The lowest BCUT2D eigenvalue weighted by Crippen LogP contribution is -2.14. The first-order valence-electron chi connectivity index (χ1n) is 3.73. The quantitative estimate of drug-likeness (QED) is 0.525. The highest BCUT2D eigenvalue weighted by molar-refractivity contribution is 14.1. The third kappa shape index (κ3) is 1.94.